The third kappa shape index (κ3) is 3.18. The summed E-state index contributed by atoms with van der Waals surface area (Å²) in [6, 6.07) is 3.32. The Balaban J connectivity index is 2.25. The third-order valence-corrected chi connectivity index (χ3v) is 2.72. The van der Waals surface area contributed by atoms with Crippen molar-refractivity contribution in [1.82, 2.24) is 4.98 Å². The molecule has 1 aromatic rings. The zero-order valence-corrected chi connectivity index (χ0v) is 10.4. The van der Waals surface area contributed by atoms with Gasteiger partial charge in [-0.25, -0.2) is 9.88 Å². The molecular weight excluding hydrogens is 244 g/mol. The van der Waals surface area contributed by atoms with E-state index < -0.39 is 0 Å². The molecular formula is C14H14N2O3. The van der Waals surface area contributed by atoms with Gasteiger partial charge in [-0.05, 0) is 18.6 Å². The van der Waals surface area contributed by atoms with Gasteiger partial charge >= 0.3 is 0 Å². The van der Waals surface area contributed by atoms with Crippen molar-refractivity contribution in [2.24, 2.45) is 0 Å². The molecule has 2 heterocycles. The maximum Gasteiger partial charge on any atom is 0.234 e. The summed E-state index contributed by atoms with van der Waals surface area (Å²) >= 11 is 0. The highest BCUT2D eigenvalue weighted by Crippen LogP contribution is 2.20. The van der Waals surface area contributed by atoms with Crippen LogP contribution in [0.5, 0.6) is 0 Å². The molecule has 1 aliphatic heterocycles. The van der Waals surface area contributed by atoms with Crippen molar-refractivity contribution in [2.75, 3.05) is 11.5 Å². The summed E-state index contributed by atoms with van der Waals surface area (Å²) in [4.78, 5) is 28.7. The molecule has 0 radical (unpaired) electrons. The van der Waals surface area contributed by atoms with Crippen molar-refractivity contribution in [3.63, 3.8) is 0 Å². The van der Waals surface area contributed by atoms with Gasteiger partial charge in [0.1, 0.15) is 5.82 Å². The average molecular weight is 258 g/mol. The fourth-order valence-corrected chi connectivity index (χ4v) is 1.85. The predicted octanol–water partition coefficient (Wildman–Crippen LogP) is 0.859. The normalized spacial score (nSPS) is 15.1. The minimum Gasteiger partial charge on any atom is -0.395 e. The SMILES string of the molecule is O=C1CCCC(=O)N1c1cc(C#CCCO)ccn1. The Bertz CT molecular complexity index is 541. The van der Waals surface area contributed by atoms with E-state index in [4.69, 9.17) is 5.11 Å². The number of carbonyl (C=O) groups excluding carboxylic acids is 2. The van der Waals surface area contributed by atoms with Crippen LogP contribution < -0.4 is 4.90 Å². The van der Waals surface area contributed by atoms with E-state index in [1.54, 1.807) is 12.1 Å². The van der Waals surface area contributed by atoms with Crippen LogP contribution >= 0.6 is 0 Å². The Morgan fingerprint density at radius 3 is 2.74 bits per heavy atom. The molecule has 19 heavy (non-hydrogen) atoms. The molecule has 2 amide bonds. The molecule has 1 aromatic heterocycles. The fraction of sp³-hybridized carbons (Fsp3) is 0.357. The van der Waals surface area contributed by atoms with Crippen molar-refractivity contribution < 1.29 is 14.7 Å². The Hall–Kier alpha value is -2.19. The molecule has 1 aliphatic rings. The van der Waals surface area contributed by atoms with Crippen LogP contribution in [0.3, 0.4) is 0 Å². The Morgan fingerprint density at radius 2 is 2.05 bits per heavy atom. The third-order valence-electron chi connectivity index (χ3n) is 2.72. The molecule has 0 spiro atoms. The van der Waals surface area contributed by atoms with Crippen molar-refractivity contribution in [1.29, 1.82) is 0 Å². The fourth-order valence-electron chi connectivity index (χ4n) is 1.85. The summed E-state index contributed by atoms with van der Waals surface area (Å²) in [5.74, 6) is 5.53. The zero-order valence-electron chi connectivity index (χ0n) is 10.4. The lowest BCUT2D eigenvalue weighted by molar-refractivity contribution is -0.129. The van der Waals surface area contributed by atoms with Crippen molar-refractivity contribution >= 4 is 17.6 Å². The number of aliphatic hydroxyl groups excluding tert-OH is 1. The molecule has 1 N–H and O–H groups in total. The minimum atomic E-state index is -0.218. The van der Waals surface area contributed by atoms with Crippen molar-refractivity contribution in [3.8, 4) is 11.8 Å². The van der Waals surface area contributed by atoms with E-state index in [2.05, 4.69) is 16.8 Å². The summed E-state index contributed by atoms with van der Waals surface area (Å²) < 4.78 is 0. The van der Waals surface area contributed by atoms with E-state index in [9.17, 15) is 9.59 Å². The lowest BCUT2D eigenvalue weighted by Gasteiger charge is -2.23. The number of imide groups is 1. The topological polar surface area (TPSA) is 70.5 Å². The smallest absolute Gasteiger partial charge is 0.234 e. The van der Waals surface area contributed by atoms with Crippen LogP contribution in [0.15, 0.2) is 18.3 Å². The average Bonchev–Trinajstić information content (AvgIpc) is 2.39. The van der Waals surface area contributed by atoms with Crippen LogP contribution in [0.2, 0.25) is 0 Å². The first kappa shape index (κ1) is 13.2. The van der Waals surface area contributed by atoms with E-state index in [0.717, 1.165) is 4.90 Å². The molecule has 1 fully saturated rings. The minimum absolute atomic E-state index is 0.00797. The molecule has 0 saturated carbocycles. The van der Waals surface area contributed by atoms with Gasteiger partial charge in [0.15, 0.2) is 0 Å². The Labute approximate surface area is 111 Å². The van der Waals surface area contributed by atoms with Gasteiger partial charge in [0.2, 0.25) is 11.8 Å². The largest absolute Gasteiger partial charge is 0.395 e. The van der Waals surface area contributed by atoms with Gasteiger partial charge < -0.3 is 5.11 Å². The van der Waals surface area contributed by atoms with E-state index in [1.807, 2.05) is 0 Å². The maximum atomic E-state index is 11.8. The van der Waals surface area contributed by atoms with Crippen LogP contribution in [0.1, 0.15) is 31.2 Å². The number of anilines is 1. The number of hydrogen-bond acceptors (Lipinski definition) is 4. The van der Waals surface area contributed by atoms with E-state index >= 15 is 0 Å². The second-order valence-corrected chi connectivity index (χ2v) is 4.15. The van der Waals surface area contributed by atoms with E-state index in [1.165, 1.54) is 6.20 Å². The second kappa shape index (κ2) is 6.12. The number of rotatable bonds is 2. The maximum absolute atomic E-state index is 11.8. The molecule has 0 aliphatic carbocycles. The number of hydrogen-bond donors (Lipinski definition) is 1. The summed E-state index contributed by atoms with van der Waals surface area (Å²) in [6.07, 6.45) is 3.25. The van der Waals surface area contributed by atoms with Gasteiger partial charge in [-0.1, -0.05) is 11.8 Å². The number of pyridine rings is 1. The number of nitrogens with zero attached hydrogens (tertiary/aromatic N) is 2. The van der Waals surface area contributed by atoms with Crippen LogP contribution in [-0.4, -0.2) is 28.5 Å². The van der Waals surface area contributed by atoms with E-state index in [-0.39, 0.29) is 18.4 Å². The molecule has 5 heteroatoms. The number of amides is 2. The number of aromatic nitrogens is 1. The van der Waals surface area contributed by atoms with Crippen molar-refractivity contribution in [3.05, 3.63) is 23.9 Å². The highest BCUT2D eigenvalue weighted by atomic mass is 16.2. The van der Waals surface area contributed by atoms with Gasteiger partial charge in [-0.15, -0.1) is 0 Å². The van der Waals surface area contributed by atoms with Gasteiger partial charge in [-0.3, -0.25) is 9.59 Å². The van der Waals surface area contributed by atoms with Gasteiger partial charge in [-0.2, -0.15) is 0 Å². The quantitative estimate of drug-likeness (QED) is 0.631. The van der Waals surface area contributed by atoms with E-state index in [0.29, 0.717) is 37.1 Å². The van der Waals surface area contributed by atoms with Crippen LogP contribution in [0.25, 0.3) is 0 Å². The second-order valence-electron chi connectivity index (χ2n) is 4.15. The molecule has 0 unspecified atom stereocenters. The molecule has 98 valence electrons. The van der Waals surface area contributed by atoms with Gasteiger partial charge in [0.05, 0.1) is 6.61 Å². The summed E-state index contributed by atoms with van der Waals surface area (Å²) in [7, 11) is 0. The first-order valence-corrected chi connectivity index (χ1v) is 6.14. The lowest BCUT2D eigenvalue weighted by atomic mass is 10.1. The number of aliphatic hydroxyl groups is 1. The van der Waals surface area contributed by atoms with Gasteiger partial charge in [0.25, 0.3) is 0 Å². The van der Waals surface area contributed by atoms with Gasteiger partial charge in [0, 0.05) is 31.0 Å². The molecule has 1 saturated heterocycles. The summed E-state index contributed by atoms with van der Waals surface area (Å²) in [6.45, 7) is 0.00797. The highest BCUT2D eigenvalue weighted by Gasteiger charge is 2.28. The van der Waals surface area contributed by atoms with Crippen LogP contribution in [-0.2, 0) is 9.59 Å². The monoisotopic (exact) mass is 258 g/mol. The Morgan fingerprint density at radius 1 is 1.32 bits per heavy atom. The molecule has 0 bridgehead atoms. The standard InChI is InChI=1S/C14H14N2O3/c17-9-2-1-4-11-7-8-15-12(10-11)16-13(18)5-3-6-14(16)19/h7-8,10,17H,2-3,5-6,9H2. The first-order valence-electron chi connectivity index (χ1n) is 6.14. The zero-order chi connectivity index (χ0) is 13.7. The molecule has 5 nitrogen and oxygen atoms in total. The summed E-state index contributed by atoms with van der Waals surface area (Å²) in [5, 5.41) is 8.66. The lowest BCUT2D eigenvalue weighted by Crippen LogP contribution is -2.40. The number of piperidine rings is 1. The molecule has 2 rings (SSSR count). The predicted molar refractivity (Wildman–Crippen MR) is 69.2 cm³/mol. The number of carbonyl (C=O) groups is 2. The van der Waals surface area contributed by atoms with Crippen LogP contribution in [0, 0.1) is 11.8 Å². The Kier molecular flexibility index (Phi) is 4.26. The first-order chi connectivity index (χ1) is 9.22. The van der Waals surface area contributed by atoms with Crippen molar-refractivity contribution in [2.45, 2.75) is 25.7 Å². The highest BCUT2D eigenvalue weighted by molar-refractivity contribution is 6.15. The molecule has 0 aromatic carbocycles. The summed E-state index contributed by atoms with van der Waals surface area (Å²) in [5.41, 5.74) is 0.671. The molecule has 0 atom stereocenters. The van der Waals surface area contributed by atoms with Crippen LogP contribution in [0.4, 0.5) is 5.82 Å².